The molecule has 1 amide bonds. The molecule has 1 aromatic rings. The smallest absolute Gasteiger partial charge is 0.220 e. The van der Waals surface area contributed by atoms with Crippen LogP contribution in [0.25, 0.3) is 0 Å². The van der Waals surface area contributed by atoms with Gasteiger partial charge < -0.3 is 20.7 Å². The minimum atomic E-state index is 0. The SMILES string of the molecule is CCNC(=NCCOc1cccc(C(C)(C)C)c1)NC1CCC(=O)NC1.I. The first-order valence-electron chi connectivity index (χ1n) is 9.43. The lowest BCUT2D eigenvalue weighted by Gasteiger charge is -2.25. The largest absolute Gasteiger partial charge is 0.492 e. The Morgan fingerprint density at radius 2 is 2.15 bits per heavy atom. The van der Waals surface area contributed by atoms with Gasteiger partial charge in [0.25, 0.3) is 0 Å². The summed E-state index contributed by atoms with van der Waals surface area (Å²) in [5.41, 5.74) is 1.36. The predicted octanol–water partition coefficient (Wildman–Crippen LogP) is 2.81. The van der Waals surface area contributed by atoms with E-state index in [-0.39, 0.29) is 41.3 Å². The van der Waals surface area contributed by atoms with Gasteiger partial charge in [-0.25, -0.2) is 4.99 Å². The molecule has 1 fully saturated rings. The van der Waals surface area contributed by atoms with Crippen LogP contribution in [0.3, 0.4) is 0 Å². The molecule has 1 saturated heterocycles. The fourth-order valence-corrected chi connectivity index (χ4v) is 2.74. The van der Waals surface area contributed by atoms with E-state index in [1.165, 1.54) is 5.56 Å². The Morgan fingerprint density at radius 3 is 2.78 bits per heavy atom. The number of guanidine groups is 1. The molecule has 3 N–H and O–H groups in total. The third kappa shape index (κ3) is 8.36. The first-order chi connectivity index (χ1) is 12.4. The zero-order valence-electron chi connectivity index (χ0n) is 16.8. The molecule has 1 atom stereocenters. The van der Waals surface area contributed by atoms with Gasteiger partial charge in [0.2, 0.25) is 5.91 Å². The highest BCUT2D eigenvalue weighted by Crippen LogP contribution is 2.25. The molecule has 1 heterocycles. The van der Waals surface area contributed by atoms with Gasteiger partial charge in [-0.15, -0.1) is 24.0 Å². The molecule has 0 aliphatic carbocycles. The second-order valence-electron chi connectivity index (χ2n) is 7.57. The number of amides is 1. The molecule has 0 aromatic heterocycles. The Morgan fingerprint density at radius 1 is 1.37 bits per heavy atom. The molecule has 0 saturated carbocycles. The highest BCUT2D eigenvalue weighted by atomic mass is 127. The molecular formula is C20H33IN4O2. The van der Waals surface area contributed by atoms with Gasteiger partial charge >= 0.3 is 0 Å². The molecule has 1 aliphatic heterocycles. The van der Waals surface area contributed by atoms with Crippen molar-refractivity contribution in [2.75, 3.05) is 26.2 Å². The maximum absolute atomic E-state index is 11.3. The van der Waals surface area contributed by atoms with E-state index >= 15 is 0 Å². The minimum Gasteiger partial charge on any atom is -0.492 e. The number of halogens is 1. The number of hydrogen-bond donors (Lipinski definition) is 3. The Labute approximate surface area is 179 Å². The molecule has 0 radical (unpaired) electrons. The molecule has 1 aromatic carbocycles. The van der Waals surface area contributed by atoms with Crippen LogP contribution in [0.4, 0.5) is 0 Å². The molecule has 7 heteroatoms. The third-order valence-corrected chi connectivity index (χ3v) is 4.28. The van der Waals surface area contributed by atoms with Gasteiger partial charge in [0, 0.05) is 25.6 Å². The zero-order chi connectivity index (χ0) is 19.0. The number of carbonyl (C=O) groups is 1. The summed E-state index contributed by atoms with van der Waals surface area (Å²) in [5.74, 6) is 1.76. The number of carbonyl (C=O) groups excluding carboxylic acids is 1. The first kappa shape index (κ1) is 23.5. The quantitative estimate of drug-likeness (QED) is 0.249. The maximum Gasteiger partial charge on any atom is 0.220 e. The van der Waals surface area contributed by atoms with Crippen molar-refractivity contribution in [3.05, 3.63) is 29.8 Å². The molecule has 1 unspecified atom stereocenters. The van der Waals surface area contributed by atoms with Gasteiger partial charge in [-0.1, -0.05) is 32.9 Å². The van der Waals surface area contributed by atoms with E-state index in [1.807, 2.05) is 19.1 Å². The van der Waals surface area contributed by atoms with Crippen LogP contribution < -0.4 is 20.7 Å². The second-order valence-corrected chi connectivity index (χ2v) is 7.57. The minimum absolute atomic E-state index is 0. The molecule has 0 bridgehead atoms. The predicted molar refractivity (Wildman–Crippen MR) is 121 cm³/mol. The van der Waals surface area contributed by atoms with Crippen LogP contribution in [0.15, 0.2) is 29.3 Å². The molecule has 27 heavy (non-hydrogen) atoms. The van der Waals surface area contributed by atoms with Gasteiger partial charge in [0.15, 0.2) is 5.96 Å². The monoisotopic (exact) mass is 488 g/mol. The molecule has 2 rings (SSSR count). The summed E-state index contributed by atoms with van der Waals surface area (Å²) in [6.07, 6.45) is 1.39. The number of nitrogens with zero attached hydrogens (tertiary/aromatic N) is 1. The van der Waals surface area contributed by atoms with Crippen LogP contribution in [-0.4, -0.2) is 44.1 Å². The van der Waals surface area contributed by atoms with E-state index in [0.29, 0.717) is 26.1 Å². The Kier molecular flexibility index (Phi) is 9.90. The standard InChI is InChI=1S/C20H32N4O2.HI/c1-5-21-19(24-16-9-10-18(25)23-14-16)22-11-12-26-17-8-6-7-15(13-17)20(2,3)4;/h6-8,13,16H,5,9-12,14H2,1-4H3,(H,23,25)(H2,21,22,24);1H. The molecule has 152 valence electrons. The summed E-state index contributed by atoms with van der Waals surface area (Å²) in [6, 6.07) is 8.45. The third-order valence-electron chi connectivity index (χ3n) is 4.28. The number of rotatable bonds is 6. The number of benzene rings is 1. The lowest BCUT2D eigenvalue weighted by molar-refractivity contribution is -0.122. The molecule has 6 nitrogen and oxygen atoms in total. The van der Waals surface area contributed by atoms with E-state index < -0.39 is 0 Å². The lowest BCUT2D eigenvalue weighted by Crippen LogP contribution is -2.51. The van der Waals surface area contributed by atoms with Crippen molar-refractivity contribution < 1.29 is 9.53 Å². The van der Waals surface area contributed by atoms with Crippen molar-refractivity contribution in [2.45, 2.75) is 52.0 Å². The summed E-state index contributed by atoms with van der Waals surface area (Å²) in [6.45, 7) is 11.1. The van der Waals surface area contributed by atoms with Crippen molar-refractivity contribution in [2.24, 2.45) is 4.99 Å². The molecule has 0 spiro atoms. The Balaban J connectivity index is 0.00000364. The lowest BCUT2D eigenvalue weighted by atomic mass is 9.87. The van der Waals surface area contributed by atoms with E-state index in [0.717, 1.165) is 24.7 Å². The molecule has 1 aliphatic rings. The zero-order valence-corrected chi connectivity index (χ0v) is 19.1. The second kappa shape index (κ2) is 11.4. The maximum atomic E-state index is 11.3. The van der Waals surface area contributed by atoms with Crippen molar-refractivity contribution in [3.63, 3.8) is 0 Å². The van der Waals surface area contributed by atoms with Gasteiger partial charge in [-0.3, -0.25) is 4.79 Å². The number of ether oxygens (including phenoxy) is 1. The van der Waals surface area contributed by atoms with Crippen molar-refractivity contribution in [1.29, 1.82) is 0 Å². The summed E-state index contributed by atoms with van der Waals surface area (Å²) in [7, 11) is 0. The average Bonchev–Trinajstić information content (AvgIpc) is 2.60. The Hall–Kier alpha value is -1.51. The Bertz CT molecular complexity index is 619. The van der Waals surface area contributed by atoms with E-state index in [9.17, 15) is 4.79 Å². The van der Waals surface area contributed by atoms with E-state index in [4.69, 9.17) is 4.74 Å². The van der Waals surface area contributed by atoms with E-state index in [1.54, 1.807) is 0 Å². The van der Waals surface area contributed by atoms with Crippen LogP contribution in [-0.2, 0) is 10.2 Å². The first-order valence-corrected chi connectivity index (χ1v) is 9.43. The van der Waals surface area contributed by atoms with Gasteiger partial charge in [0.05, 0.1) is 6.54 Å². The fourth-order valence-electron chi connectivity index (χ4n) is 2.74. The van der Waals surface area contributed by atoms with Crippen molar-refractivity contribution in [3.8, 4) is 5.75 Å². The molecular weight excluding hydrogens is 455 g/mol. The van der Waals surface area contributed by atoms with Crippen molar-refractivity contribution >= 4 is 35.8 Å². The van der Waals surface area contributed by atoms with Crippen LogP contribution in [0.2, 0.25) is 0 Å². The van der Waals surface area contributed by atoms with E-state index in [2.05, 4.69) is 53.8 Å². The summed E-state index contributed by atoms with van der Waals surface area (Å²) < 4.78 is 5.85. The normalized spacial score (nSPS) is 17.6. The fraction of sp³-hybridized carbons (Fsp3) is 0.600. The topological polar surface area (TPSA) is 74.8 Å². The average molecular weight is 488 g/mol. The van der Waals surface area contributed by atoms with Crippen LogP contribution in [0.5, 0.6) is 5.75 Å². The van der Waals surface area contributed by atoms with Crippen LogP contribution >= 0.6 is 24.0 Å². The summed E-state index contributed by atoms with van der Waals surface area (Å²) in [4.78, 5) is 15.8. The van der Waals surface area contributed by atoms with Gasteiger partial charge in [-0.05, 0) is 36.5 Å². The van der Waals surface area contributed by atoms with Crippen LogP contribution in [0.1, 0.15) is 46.1 Å². The number of hydrogen-bond acceptors (Lipinski definition) is 3. The van der Waals surface area contributed by atoms with Crippen LogP contribution in [0, 0.1) is 0 Å². The highest BCUT2D eigenvalue weighted by molar-refractivity contribution is 14.0. The summed E-state index contributed by atoms with van der Waals surface area (Å²) >= 11 is 0. The van der Waals surface area contributed by atoms with Gasteiger partial charge in [0.1, 0.15) is 12.4 Å². The van der Waals surface area contributed by atoms with Crippen molar-refractivity contribution in [1.82, 2.24) is 16.0 Å². The summed E-state index contributed by atoms with van der Waals surface area (Å²) in [5, 5.41) is 9.49. The number of nitrogens with one attached hydrogen (secondary N) is 3. The number of aliphatic imine (C=N–C) groups is 1. The number of piperidine rings is 1. The highest BCUT2D eigenvalue weighted by Gasteiger charge is 2.18. The van der Waals surface area contributed by atoms with Gasteiger partial charge in [-0.2, -0.15) is 0 Å².